The molecule has 0 fully saturated rings. The largest absolute Gasteiger partial charge is 0.490 e. The number of aromatic nitrogens is 2. The summed E-state index contributed by atoms with van der Waals surface area (Å²) in [5.74, 6) is -0.157. The van der Waals surface area contributed by atoms with E-state index in [-0.39, 0.29) is 6.42 Å². The fourth-order valence-electron chi connectivity index (χ4n) is 0.928. The SMILES string of the molecule is O=C(O)CCCCOc1cncnc1. The quantitative estimate of drug-likeness (QED) is 0.690. The predicted octanol–water partition coefficient (Wildman–Crippen LogP) is 1.11. The summed E-state index contributed by atoms with van der Waals surface area (Å²) in [6.07, 6.45) is 6.12. The van der Waals surface area contributed by atoms with Crippen LogP contribution in [0.2, 0.25) is 0 Å². The second-order valence-electron chi connectivity index (χ2n) is 2.77. The van der Waals surface area contributed by atoms with Crippen molar-refractivity contribution < 1.29 is 14.6 Å². The molecule has 0 saturated heterocycles. The summed E-state index contributed by atoms with van der Waals surface area (Å²) < 4.78 is 5.27. The molecule has 0 unspecified atom stereocenters. The van der Waals surface area contributed by atoms with Gasteiger partial charge in [0.2, 0.25) is 0 Å². The number of nitrogens with zero attached hydrogens (tertiary/aromatic N) is 2. The molecule has 14 heavy (non-hydrogen) atoms. The molecule has 76 valence electrons. The van der Waals surface area contributed by atoms with Crippen LogP contribution in [0.15, 0.2) is 18.7 Å². The highest BCUT2D eigenvalue weighted by Gasteiger charge is 1.97. The zero-order chi connectivity index (χ0) is 10.2. The van der Waals surface area contributed by atoms with E-state index in [1.54, 1.807) is 12.4 Å². The average Bonchev–Trinajstić information content (AvgIpc) is 2.18. The Balaban J connectivity index is 2.08. The smallest absolute Gasteiger partial charge is 0.303 e. The molecule has 0 aliphatic carbocycles. The van der Waals surface area contributed by atoms with Gasteiger partial charge in [-0.2, -0.15) is 0 Å². The number of carbonyl (C=O) groups is 1. The normalized spacial score (nSPS) is 9.71. The summed E-state index contributed by atoms with van der Waals surface area (Å²) in [4.78, 5) is 17.7. The van der Waals surface area contributed by atoms with Gasteiger partial charge in [-0.3, -0.25) is 4.79 Å². The highest BCUT2D eigenvalue weighted by molar-refractivity contribution is 5.66. The van der Waals surface area contributed by atoms with Gasteiger partial charge in [0, 0.05) is 6.42 Å². The number of unbranched alkanes of at least 4 members (excludes halogenated alkanes) is 1. The molecule has 1 N–H and O–H groups in total. The Morgan fingerprint density at radius 1 is 1.36 bits per heavy atom. The number of rotatable bonds is 6. The molecule has 5 heteroatoms. The van der Waals surface area contributed by atoms with Gasteiger partial charge in [0.1, 0.15) is 6.33 Å². The molecular formula is C9H12N2O3. The Bertz CT molecular complexity index is 277. The lowest BCUT2D eigenvalue weighted by Gasteiger charge is -2.03. The third-order valence-electron chi connectivity index (χ3n) is 1.59. The molecule has 1 rings (SSSR count). The van der Waals surface area contributed by atoms with Crippen LogP contribution in [0.25, 0.3) is 0 Å². The van der Waals surface area contributed by atoms with Crippen molar-refractivity contribution in [1.29, 1.82) is 0 Å². The van der Waals surface area contributed by atoms with Crippen LogP contribution in [0, 0.1) is 0 Å². The van der Waals surface area contributed by atoms with E-state index in [0.29, 0.717) is 18.8 Å². The lowest BCUT2D eigenvalue weighted by molar-refractivity contribution is -0.137. The van der Waals surface area contributed by atoms with Gasteiger partial charge < -0.3 is 9.84 Å². The first-order valence-corrected chi connectivity index (χ1v) is 4.38. The Kier molecular flexibility index (Phi) is 4.40. The first-order chi connectivity index (χ1) is 6.79. The number of carboxylic acids is 1. The molecule has 0 amide bonds. The second-order valence-corrected chi connectivity index (χ2v) is 2.77. The van der Waals surface area contributed by atoms with Crippen LogP contribution in [-0.4, -0.2) is 27.7 Å². The van der Waals surface area contributed by atoms with Crippen LogP contribution < -0.4 is 4.74 Å². The summed E-state index contributed by atoms with van der Waals surface area (Å²) in [6, 6.07) is 0. The monoisotopic (exact) mass is 196 g/mol. The van der Waals surface area contributed by atoms with Gasteiger partial charge in [0.15, 0.2) is 5.75 Å². The highest BCUT2D eigenvalue weighted by atomic mass is 16.5. The number of carboxylic acid groups (broad SMARTS) is 1. The number of hydrogen-bond donors (Lipinski definition) is 1. The van der Waals surface area contributed by atoms with E-state index < -0.39 is 5.97 Å². The lowest BCUT2D eigenvalue weighted by atomic mass is 10.2. The van der Waals surface area contributed by atoms with E-state index in [9.17, 15) is 4.79 Å². The first kappa shape index (κ1) is 10.4. The Labute approximate surface area is 81.8 Å². The average molecular weight is 196 g/mol. The van der Waals surface area contributed by atoms with Gasteiger partial charge >= 0.3 is 5.97 Å². The van der Waals surface area contributed by atoms with Crippen molar-refractivity contribution in [3.63, 3.8) is 0 Å². The molecule has 0 saturated carbocycles. The third kappa shape index (κ3) is 4.39. The van der Waals surface area contributed by atoms with E-state index in [0.717, 1.165) is 6.42 Å². The van der Waals surface area contributed by atoms with Crippen molar-refractivity contribution in [3.8, 4) is 5.75 Å². The zero-order valence-electron chi connectivity index (χ0n) is 7.72. The van der Waals surface area contributed by atoms with Crippen LogP contribution in [0.3, 0.4) is 0 Å². The lowest BCUT2D eigenvalue weighted by Crippen LogP contribution is -2.00. The third-order valence-corrected chi connectivity index (χ3v) is 1.59. The molecule has 1 heterocycles. The standard InChI is InChI=1S/C9H12N2O3/c12-9(13)3-1-2-4-14-8-5-10-7-11-6-8/h5-7H,1-4H2,(H,12,13). The number of hydrogen-bond acceptors (Lipinski definition) is 4. The number of ether oxygens (including phenoxy) is 1. The van der Waals surface area contributed by atoms with Gasteiger partial charge in [0.25, 0.3) is 0 Å². The minimum absolute atomic E-state index is 0.189. The van der Waals surface area contributed by atoms with Gasteiger partial charge in [-0.1, -0.05) is 0 Å². The fourth-order valence-corrected chi connectivity index (χ4v) is 0.928. The zero-order valence-corrected chi connectivity index (χ0v) is 7.72. The van der Waals surface area contributed by atoms with E-state index in [1.807, 2.05) is 0 Å². The Morgan fingerprint density at radius 2 is 2.07 bits per heavy atom. The topological polar surface area (TPSA) is 72.3 Å². The number of aliphatic carboxylic acids is 1. The molecule has 0 aliphatic rings. The van der Waals surface area contributed by atoms with Crippen molar-refractivity contribution >= 4 is 5.97 Å². The maximum Gasteiger partial charge on any atom is 0.303 e. The van der Waals surface area contributed by atoms with Crippen LogP contribution in [-0.2, 0) is 4.79 Å². The minimum atomic E-state index is -0.770. The molecular weight excluding hydrogens is 184 g/mol. The predicted molar refractivity (Wildman–Crippen MR) is 49.0 cm³/mol. The maximum absolute atomic E-state index is 10.2. The maximum atomic E-state index is 10.2. The van der Waals surface area contributed by atoms with Crippen LogP contribution in [0.1, 0.15) is 19.3 Å². The van der Waals surface area contributed by atoms with Crippen LogP contribution in [0.4, 0.5) is 0 Å². The molecule has 0 aliphatic heterocycles. The van der Waals surface area contributed by atoms with Gasteiger partial charge in [-0.15, -0.1) is 0 Å². The summed E-state index contributed by atoms with van der Waals surface area (Å²) in [5, 5.41) is 8.37. The van der Waals surface area contributed by atoms with Crippen molar-refractivity contribution in [1.82, 2.24) is 9.97 Å². The van der Waals surface area contributed by atoms with Gasteiger partial charge in [-0.05, 0) is 12.8 Å². The molecule has 0 spiro atoms. The molecule has 1 aromatic rings. The van der Waals surface area contributed by atoms with Crippen molar-refractivity contribution in [2.75, 3.05) is 6.61 Å². The fraction of sp³-hybridized carbons (Fsp3) is 0.444. The highest BCUT2D eigenvalue weighted by Crippen LogP contribution is 2.05. The van der Waals surface area contributed by atoms with Crippen molar-refractivity contribution in [2.45, 2.75) is 19.3 Å². The van der Waals surface area contributed by atoms with Gasteiger partial charge in [0.05, 0.1) is 19.0 Å². The van der Waals surface area contributed by atoms with Crippen molar-refractivity contribution in [2.24, 2.45) is 0 Å². The van der Waals surface area contributed by atoms with E-state index in [1.165, 1.54) is 6.33 Å². The second kappa shape index (κ2) is 5.90. The minimum Gasteiger partial charge on any atom is -0.490 e. The van der Waals surface area contributed by atoms with E-state index in [4.69, 9.17) is 9.84 Å². The molecule has 0 bridgehead atoms. The molecule has 1 aromatic heterocycles. The van der Waals surface area contributed by atoms with E-state index in [2.05, 4.69) is 9.97 Å². The van der Waals surface area contributed by atoms with Crippen LogP contribution >= 0.6 is 0 Å². The molecule has 0 atom stereocenters. The van der Waals surface area contributed by atoms with Crippen LogP contribution in [0.5, 0.6) is 5.75 Å². The Hall–Kier alpha value is -1.65. The molecule has 5 nitrogen and oxygen atoms in total. The summed E-state index contributed by atoms with van der Waals surface area (Å²) in [6.45, 7) is 0.501. The summed E-state index contributed by atoms with van der Waals surface area (Å²) >= 11 is 0. The molecule has 0 aromatic carbocycles. The Morgan fingerprint density at radius 3 is 2.71 bits per heavy atom. The summed E-state index contributed by atoms with van der Waals surface area (Å²) in [7, 11) is 0. The van der Waals surface area contributed by atoms with Crippen molar-refractivity contribution in [3.05, 3.63) is 18.7 Å². The molecule has 0 radical (unpaired) electrons. The summed E-state index contributed by atoms with van der Waals surface area (Å²) in [5.41, 5.74) is 0. The first-order valence-electron chi connectivity index (χ1n) is 4.38. The van der Waals surface area contributed by atoms with Gasteiger partial charge in [-0.25, -0.2) is 9.97 Å². The van der Waals surface area contributed by atoms with E-state index >= 15 is 0 Å².